The molecule has 13 aromatic rings. The SMILES string of the molecule is CCc1ccc2c(c1)B1c3c(c4c5c(c3-n3c6ccc(-c7ccc(C(C)C)cc7)cc6c6cc(-c7ccc(C(C)C)cc7)cc1c63)Oc1ccc(CC)cc1B5c1cc(-c3ccc(C(C)C)cc3)cc3c5cc(-c6ccc(C(C)C)cc6)ccc5n-4c13)O2. The Balaban J connectivity index is 1.03. The van der Waals surface area contributed by atoms with E-state index in [1.54, 1.807) is 0 Å². The van der Waals surface area contributed by atoms with Gasteiger partial charge in [0.2, 0.25) is 0 Å². The van der Waals surface area contributed by atoms with Crippen molar-refractivity contribution in [2.45, 2.75) is 106 Å². The highest BCUT2D eigenvalue weighted by molar-refractivity contribution is 7.02. The van der Waals surface area contributed by atoms with Crippen LogP contribution in [0.4, 0.5) is 0 Å². The zero-order chi connectivity index (χ0) is 59.7. The van der Waals surface area contributed by atoms with Crippen LogP contribution in [-0.4, -0.2) is 22.6 Å². The first-order chi connectivity index (χ1) is 42.8. The number of ether oxygens (including phenoxy) is 2. The number of fused-ring (bicyclic) bond motifs is 16. The van der Waals surface area contributed by atoms with Crippen LogP contribution >= 0.6 is 0 Å². The van der Waals surface area contributed by atoms with E-state index < -0.39 is 0 Å². The van der Waals surface area contributed by atoms with Crippen LogP contribution in [0.3, 0.4) is 0 Å². The number of hydrogen-bond donors (Lipinski definition) is 0. The van der Waals surface area contributed by atoms with Crippen LogP contribution in [0.2, 0.25) is 0 Å². The van der Waals surface area contributed by atoms with Crippen molar-refractivity contribution in [3.8, 4) is 78.9 Å². The predicted molar refractivity (Wildman–Crippen MR) is 374 cm³/mol. The molecule has 4 aliphatic heterocycles. The molecular formula is C82H70B2N2O2. The molecule has 88 heavy (non-hydrogen) atoms. The maximum Gasteiger partial charge on any atom is 0.256 e. The molecule has 11 aromatic carbocycles. The van der Waals surface area contributed by atoms with Crippen molar-refractivity contribution in [3.63, 3.8) is 0 Å². The maximum absolute atomic E-state index is 7.90. The van der Waals surface area contributed by atoms with Crippen LogP contribution in [0.1, 0.15) is 126 Å². The fourth-order valence-electron chi connectivity index (χ4n) is 15.5. The first-order valence-corrected chi connectivity index (χ1v) is 32.3. The molecule has 6 heterocycles. The minimum Gasteiger partial charge on any atom is -0.456 e. The molecule has 2 aromatic heterocycles. The van der Waals surface area contributed by atoms with Gasteiger partial charge in [-0.25, -0.2) is 0 Å². The lowest BCUT2D eigenvalue weighted by atomic mass is 9.31. The molecule has 6 heteroatoms. The maximum atomic E-state index is 7.90. The van der Waals surface area contributed by atoms with Crippen molar-refractivity contribution in [2.24, 2.45) is 0 Å². The number of aryl methyl sites for hydroxylation is 2. The highest BCUT2D eigenvalue weighted by atomic mass is 16.5. The summed E-state index contributed by atoms with van der Waals surface area (Å²) in [5.41, 5.74) is 31.7. The van der Waals surface area contributed by atoms with Gasteiger partial charge in [-0.2, -0.15) is 0 Å². The third kappa shape index (κ3) is 7.73. The molecule has 0 amide bonds. The van der Waals surface area contributed by atoms with E-state index in [0.29, 0.717) is 23.7 Å². The van der Waals surface area contributed by atoms with E-state index in [2.05, 4.69) is 272 Å². The second-order valence-corrected chi connectivity index (χ2v) is 26.9. The number of nitrogens with zero attached hydrogens (tertiary/aromatic N) is 2. The van der Waals surface area contributed by atoms with Crippen molar-refractivity contribution < 1.29 is 9.47 Å². The highest BCUT2D eigenvalue weighted by Gasteiger charge is 2.51. The van der Waals surface area contributed by atoms with E-state index in [4.69, 9.17) is 9.47 Å². The summed E-state index contributed by atoms with van der Waals surface area (Å²) >= 11 is 0. The van der Waals surface area contributed by atoms with Crippen molar-refractivity contribution in [1.29, 1.82) is 0 Å². The second-order valence-electron chi connectivity index (χ2n) is 26.9. The minimum absolute atomic E-state index is 0.194. The molecule has 0 atom stereocenters. The largest absolute Gasteiger partial charge is 0.456 e. The predicted octanol–water partition coefficient (Wildman–Crippen LogP) is 18.0. The molecule has 426 valence electrons. The van der Waals surface area contributed by atoms with Gasteiger partial charge in [0.25, 0.3) is 13.4 Å². The molecule has 0 saturated carbocycles. The van der Waals surface area contributed by atoms with Crippen molar-refractivity contribution in [2.75, 3.05) is 0 Å². The lowest BCUT2D eigenvalue weighted by Gasteiger charge is -2.41. The molecule has 17 rings (SSSR count). The first kappa shape index (κ1) is 53.0. The van der Waals surface area contributed by atoms with E-state index in [-0.39, 0.29) is 13.4 Å². The second kappa shape index (κ2) is 19.6. The van der Waals surface area contributed by atoms with Gasteiger partial charge in [0.1, 0.15) is 23.0 Å². The number of aromatic nitrogens is 2. The van der Waals surface area contributed by atoms with Gasteiger partial charge in [0.05, 0.1) is 22.4 Å². The molecule has 0 saturated heterocycles. The topological polar surface area (TPSA) is 28.3 Å². The Morgan fingerprint density at radius 3 is 0.966 bits per heavy atom. The summed E-state index contributed by atoms with van der Waals surface area (Å²) in [6, 6.07) is 75.5. The summed E-state index contributed by atoms with van der Waals surface area (Å²) in [5.74, 6) is 5.37. The Labute approximate surface area is 517 Å². The van der Waals surface area contributed by atoms with Crippen LogP contribution < -0.4 is 42.3 Å². The standard InChI is InChI=1S/C82H70B2N2O2/c1-11-49-13-35-73-67(37-49)83-69-43-61(57-27-19-53(20-28-57)47(7)8)41-65-63-39-59(55-23-15-51(16-24-55)45(3)4)31-33-71(63)85(77(65)69)79-75(83)81(87-73)80-76-82(79)88-74-36-14-50(12-2)38-68(74)84(76)70-44-62(58-29-21-54(22-30-58)48(9)10)42-66-64-40-60(32-34-72(64)86(80)78(66)70)56-25-17-52(18-26-56)46(5)6/h13-48H,11-12H2,1-10H3. The smallest absolute Gasteiger partial charge is 0.256 e. The average Bonchev–Trinajstić information content (AvgIpc) is 1.29. The van der Waals surface area contributed by atoms with Crippen LogP contribution in [0, 0.1) is 0 Å². The average molecular weight is 1140 g/mol. The van der Waals surface area contributed by atoms with Crippen LogP contribution in [0.5, 0.6) is 23.0 Å². The summed E-state index contributed by atoms with van der Waals surface area (Å²) in [6.45, 7) is 22.4. The number of rotatable bonds is 10. The Hall–Kier alpha value is -9.25. The molecule has 0 aliphatic carbocycles. The molecule has 4 aliphatic rings. The van der Waals surface area contributed by atoms with Gasteiger partial charge in [-0.15, -0.1) is 0 Å². The quantitative estimate of drug-likeness (QED) is 0.128. The fraction of sp³-hybridized carbons (Fsp3) is 0.195. The molecule has 0 bridgehead atoms. The van der Waals surface area contributed by atoms with Crippen molar-refractivity contribution in [3.05, 3.63) is 228 Å². The van der Waals surface area contributed by atoms with Gasteiger partial charge in [-0.05, 0) is 185 Å². The zero-order valence-corrected chi connectivity index (χ0v) is 52.1. The first-order valence-electron chi connectivity index (χ1n) is 32.3. The Morgan fingerprint density at radius 2 is 0.636 bits per heavy atom. The molecule has 0 unspecified atom stereocenters. The lowest BCUT2D eigenvalue weighted by molar-refractivity contribution is 0.472. The molecular weight excluding hydrogens is 1070 g/mol. The lowest BCUT2D eigenvalue weighted by Crippen LogP contribution is -2.63. The van der Waals surface area contributed by atoms with E-state index in [0.717, 1.165) is 69.2 Å². The van der Waals surface area contributed by atoms with E-state index >= 15 is 0 Å². The third-order valence-electron chi connectivity index (χ3n) is 20.5. The van der Waals surface area contributed by atoms with Gasteiger partial charge in [-0.3, -0.25) is 0 Å². The van der Waals surface area contributed by atoms with Gasteiger partial charge in [0.15, 0.2) is 0 Å². The van der Waals surface area contributed by atoms with Gasteiger partial charge < -0.3 is 18.6 Å². The number of benzene rings is 11. The Bertz CT molecular complexity index is 4780. The molecule has 0 N–H and O–H groups in total. The monoisotopic (exact) mass is 1140 g/mol. The van der Waals surface area contributed by atoms with E-state index in [1.807, 2.05) is 0 Å². The van der Waals surface area contributed by atoms with Crippen LogP contribution in [-0.2, 0) is 12.8 Å². The summed E-state index contributed by atoms with van der Waals surface area (Å²) in [5, 5.41) is 4.91. The molecule has 4 nitrogen and oxygen atoms in total. The van der Waals surface area contributed by atoms with Gasteiger partial charge in [0, 0.05) is 43.5 Å². The summed E-state index contributed by atoms with van der Waals surface area (Å²) in [4.78, 5) is 0. The van der Waals surface area contributed by atoms with Crippen molar-refractivity contribution >= 4 is 89.8 Å². The summed E-state index contributed by atoms with van der Waals surface area (Å²) < 4.78 is 21.0. The molecule has 0 fully saturated rings. The third-order valence-corrected chi connectivity index (χ3v) is 20.5. The molecule has 0 spiro atoms. The summed E-state index contributed by atoms with van der Waals surface area (Å²) in [6.07, 6.45) is 1.82. The summed E-state index contributed by atoms with van der Waals surface area (Å²) in [7, 11) is 0. The van der Waals surface area contributed by atoms with Gasteiger partial charge >= 0.3 is 0 Å². The van der Waals surface area contributed by atoms with Crippen molar-refractivity contribution in [1.82, 2.24) is 9.13 Å². The minimum atomic E-state index is -0.194. The van der Waals surface area contributed by atoms with Crippen LogP contribution in [0.15, 0.2) is 194 Å². The van der Waals surface area contributed by atoms with E-state index in [9.17, 15) is 0 Å². The molecule has 0 radical (unpaired) electrons. The normalized spacial score (nSPS) is 13.3. The highest BCUT2D eigenvalue weighted by Crippen LogP contribution is 2.50. The Morgan fingerprint density at radius 1 is 0.318 bits per heavy atom. The van der Waals surface area contributed by atoms with Crippen LogP contribution in [0.25, 0.3) is 99.5 Å². The Kier molecular flexibility index (Phi) is 11.8. The number of hydrogen-bond acceptors (Lipinski definition) is 2. The van der Waals surface area contributed by atoms with Gasteiger partial charge in [-0.1, -0.05) is 215 Å². The zero-order valence-electron chi connectivity index (χ0n) is 52.1. The van der Waals surface area contributed by atoms with E-state index in [1.165, 1.54) is 132 Å². The fourth-order valence-corrected chi connectivity index (χ4v) is 15.5.